The molecule has 1 fully saturated rings. The highest BCUT2D eigenvalue weighted by Crippen LogP contribution is 2.32. The molecule has 0 heterocycles. The molecule has 0 radical (unpaired) electrons. The molecular formula is C22H32O3. The summed E-state index contributed by atoms with van der Waals surface area (Å²) in [6.45, 7) is 3.07. The summed E-state index contributed by atoms with van der Waals surface area (Å²) < 4.78 is 5.93. The summed E-state index contributed by atoms with van der Waals surface area (Å²) in [5.74, 6) is 1.56. The van der Waals surface area contributed by atoms with Crippen LogP contribution < -0.4 is 4.74 Å². The van der Waals surface area contributed by atoms with Crippen LogP contribution in [-0.2, 0) is 4.79 Å². The molecule has 1 aliphatic carbocycles. The Bertz CT molecular complexity index is 525. The Labute approximate surface area is 152 Å². The van der Waals surface area contributed by atoms with Crippen LogP contribution in [-0.4, -0.2) is 17.7 Å². The summed E-state index contributed by atoms with van der Waals surface area (Å²) in [5.41, 5.74) is 0.873. The van der Waals surface area contributed by atoms with Gasteiger partial charge in [-0.15, -0.1) is 0 Å². The maximum Gasteiger partial charge on any atom is 0.328 e. The second-order valence-electron chi connectivity index (χ2n) is 7.29. The molecule has 0 atom stereocenters. The van der Waals surface area contributed by atoms with Gasteiger partial charge in [-0.05, 0) is 48.4 Å². The predicted molar refractivity (Wildman–Crippen MR) is 103 cm³/mol. The molecule has 138 valence electrons. The molecule has 1 saturated carbocycles. The summed E-state index contributed by atoms with van der Waals surface area (Å²) >= 11 is 0. The fourth-order valence-corrected chi connectivity index (χ4v) is 3.60. The predicted octanol–water partition coefficient (Wildman–Crippen LogP) is 5.94. The van der Waals surface area contributed by atoms with Gasteiger partial charge >= 0.3 is 5.97 Å². The average molecular weight is 344 g/mol. The molecule has 1 aromatic carbocycles. The molecule has 0 amide bonds. The minimum absolute atomic E-state index is 0.679. The minimum atomic E-state index is -0.929. The first-order valence-corrected chi connectivity index (χ1v) is 9.81. The SMILES string of the molecule is CCCCCC[C@H]1CC[C@@H](COc2ccc(C=CC(=O)O)cc2)CC1. The van der Waals surface area contributed by atoms with E-state index < -0.39 is 5.97 Å². The van der Waals surface area contributed by atoms with Gasteiger partial charge in [0.25, 0.3) is 0 Å². The highest BCUT2D eigenvalue weighted by atomic mass is 16.5. The fourth-order valence-electron chi connectivity index (χ4n) is 3.60. The molecule has 3 nitrogen and oxygen atoms in total. The second-order valence-corrected chi connectivity index (χ2v) is 7.29. The van der Waals surface area contributed by atoms with Gasteiger partial charge in [-0.25, -0.2) is 4.79 Å². The lowest BCUT2D eigenvalue weighted by Gasteiger charge is -2.28. The number of benzene rings is 1. The first-order valence-electron chi connectivity index (χ1n) is 9.81. The van der Waals surface area contributed by atoms with Gasteiger partial charge in [0.15, 0.2) is 0 Å². The molecule has 1 aliphatic rings. The van der Waals surface area contributed by atoms with Crippen molar-refractivity contribution in [3.8, 4) is 5.75 Å². The third-order valence-corrected chi connectivity index (χ3v) is 5.22. The molecule has 0 bridgehead atoms. The zero-order valence-electron chi connectivity index (χ0n) is 15.5. The standard InChI is InChI=1S/C22H32O3/c1-2-3-4-5-6-18-7-9-20(10-8-18)17-25-21-14-11-19(12-15-21)13-16-22(23)24/h11-16,18,20H,2-10,17H2,1H3,(H,23,24)/t18-,20+. The number of hydrogen-bond acceptors (Lipinski definition) is 2. The summed E-state index contributed by atoms with van der Waals surface area (Å²) in [7, 11) is 0. The van der Waals surface area contributed by atoms with Crippen LogP contribution in [0.4, 0.5) is 0 Å². The third-order valence-electron chi connectivity index (χ3n) is 5.22. The maximum atomic E-state index is 10.5. The van der Waals surface area contributed by atoms with Crippen molar-refractivity contribution in [2.45, 2.75) is 64.7 Å². The van der Waals surface area contributed by atoms with Gasteiger partial charge in [0.05, 0.1) is 6.61 Å². The lowest BCUT2D eigenvalue weighted by Crippen LogP contribution is -2.20. The fraction of sp³-hybridized carbons (Fsp3) is 0.591. The van der Waals surface area contributed by atoms with Crippen molar-refractivity contribution >= 4 is 12.0 Å². The summed E-state index contributed by atoms with van der Waals surface area (Å²) in [6.07, 6.45) is 15.0. The highest BCUT2D eigenvalue weighted by molar-refractivity contribution is 5.85. The van der Waals surface area contributed by atoms with Crippen LogP contribution in [0.2, 0.25) is 0 Å². The largest absolute Gasteiger partial charge is 0.493 e. The van der Waals surface area contributed by atoms with Crippen molar-refractivity contribution in [1.29, 1.82) is 0 Å². The Balaban J connectivity index is 1.64. The van der Waals surface area contributed by atoms with Crippen LogP contribution in [0.1, 0.15) is 70.3 Å². The molecule has 0 aromatic heterocycles. The zero-order valence-corrected chi connectivity index (χ0v) is 15.5. The van der Waals surface area contributed by atoms with Gasteiger partial charge in [-0.2, -0.15) is 0 Å². The van der Waals surface area contributed by atoms with Crippen LogP contribution in [0.15, 0.2) is 30.3 Å². The molecule has 0 spiro atoms. The van der Waals surface area contributed by atoms with E-state index in [1.807, 2.05) is 24.3 Å². The van der Waals surface area contributed by atoms with E-state index >= 15 is 0 Å². The van der Waals surface area contributed by atoms with E-state index in [1.165, 1.54) is 57.8 Å². The molecule has 3 heteroatoms. The van der Waals surface area contributed by atoms with Gasteiger partial charge in [0, 0.05) is 6.08 Å². The van der Waals surface area contributed by atoms with Crippen LogP contribution in [0.25, 0.3) is 6.08 Å². The summed E-state index contributed by atoms with van der Waals surface area (Å²) in [5, 5.41) is 8.64. The lowest BCUT2D eigenvalue weighted by molar-refractivity contribution is -0.131. The molecule has 1 N–H and O–H groups in total. The smallest absolute Gasteiger partial charge is 0.328 e. The van der Waals surface area contributed by atoms with E-state index in [2.05, 4.69) is 6.92 Å². The van der Waals surface area contributed by atoms with Gasteiger partial charge in [-0.1, -0.05) is 64.0 Å². The Morgan fingerprint density at radius 2 is 1.76 bits per heavy atom. The summed E-state index contributed by atoms with van der Waals surface area (Å²) in [4.78, 5) is 10.5. The van der Waals surface area contributed by atoms with E-state index in [1.54, 1.807) is 6.08 Å². The Morgan fingerprint density at radius 1 is 1.08 bits per heavy atom. The molecule has 0 unspecified atom stereocenters. The minimum Gasteiger partial charge on any atom is -0.493 e. The van der Waals surface area contributed by atoms with Crippen LogP contribution in [0.3, 0.4) is 0 Å². The number of unbranched alkanes of at least 4 members (excludes halogenated alkanes) is 3. The number of ether oxygens (including phenoxy) is 1. The number of aliphatic carboxylic acids is 1. The van der Waals surface area contributed by atoms with Crippen LogP contribution >= 0.6 is 0 Å². The number of carbonyl (C=O) groups is 1. The lowest BCUT2D eigenvalue weighted by atomic mass is 9.80. The van der Waals surface area contributed by atoms with E-state index in [-0.39, 0.29) is 0 Å². The molecule has 0 saturated heterocycles. The van der Waals surface area contributed by atoms with Crippen molar-refractivity contribution in [2.75, 3.05) is 6.61 Å². The van der Waals surface area contributed by atoms with Crippen LogP contribution in [0, 0.1) is 11.8 Å². The summed E-state index contributed by atoms with van der Waals surface area (Å²) in [6, 6.07) is 7.62. The number of carboxylic acids is 1. The van der Waals surface area contributed by atoms with Crippen molar-refractivity contribution in [3.05, 3.63) is 35.9 Å². The molecule has 1 aromatic rings. The molecule has 2 rings (SSSR count). The average Bonchev–Trinajstić information content (AvgIpc) is 2.63. The molecular weight excluding hydrogens is 312 g/mol. The number of carboxylic acid groups (broad SMARTS) is 1. The Kier molecular flexibility index (Phi) is 8.58. The van der Waals surface area contributed by atoms with Gasteiger partial charge in [0.1, 0.15) is 5.75 Å². The quantitative estimate of drug-likeness (QED) is 0.422. The first kappa shape index (κ1) is 19.6. The zero-order chi connectivity index (χ0) is 17.9. The van der Waals surface area contributed by atoms with Gasteiger partial charge < -0.3 is 9.84 Å². The Hall–Kier alpha value is -1.77. The van der Waals surface area contributed by atoms with Crippen molar-refractivity contribution in [2.24, 2.45) is 11.8 Å². The Morgan fingerprint density at radius 3 is 2.40 bits per heavy atom. The molecule has 25 heavy (non-hydrogen) atoms. The highest BCUT2D eigenvalue weighted by Gasteiger charge is 2.21. The van der Waals surface area contributed by atoms with Crippen molar-refractivity contribution in [1.82, 2.24) is 0 Å². The van der Waals surface area contributed by atoms with Crippen molar-refractivity contribution in [3.63, 3.8) is 0 Å². The monoisotopic (exact) mass is 344 g/mol. The second kappa shape index (κ2) is 11.0. The van der Waals surface area contributed by atoms with Gasteiger partial charge in [-0.3, -0.25) is 0 Å². The van der Waals surface area contributed by atoms with E-state index in [9.17, 15) is 4.79 Å². The van der Waals surface area contributed by atoms with Crippen molar-refractivity contribution < 1.29 is 14.6 Å². The topological polar surface area (TPSA) is 46.5 Å². The third kappa shape index (κ3) is 7.76. The van der Waals surface area contributed by atoms with E-state index in [0.29, 0.717) is 5.92 Å². The maximum absolute atomic E-state index is 10.5. The number of hydrogen-bond donors (Lipinski definition) is 1. The van der Waals surface area contributed by atoms with Gasteiger partial charge in [0.2, 0.25) is 0 Å². The normalized spacial score (nSPS) is 20.7. The van der Waals surface area contributed by atoms with E-state index in [0.717, 1.165) is 29.9 Å². The van der Waals surface area contributed by atoms with E-state index in [4.69, 9.17) is 9.84 Å². The number of rotatable bonds is 10. The van der Waals surface area contributed by atoms with Crippen LogP contribution in [0.5, 0.6) is 5.75 Å². The first-order chi connectivity index (χ1) is 12.2. The molecule has 0 aliphatic heterocycles.